The summed E-state index contributed by atoms with van der Waals surface area (Å²) in [5.74, 6) is -0.498. The van der Waals surface area contributed by atoms with Crippen LogP contribution < -0.4 is 0 Å². The smallest absolute Gasteiger partial charge is 0.275 e. The zero-order chi connectivity index (χ0) is 12.3. The summed E-state index contributed by atoms with van der Waals surface area (Å²) in [7, 11) is 0. The molecule has 0 aromatic carbocycles. The second-order valence-electron chi connectivity index (χ2n) is 4.20. The van der Waals surface area contributed by atoms with E-state index in [2.05, 4.69) is 6.58 Å². The fourth-order valence-corrected chi connectivity index (χ4v) is 1.42. The maximum absolute atomic E-state index is 11.8. The van der Waals surface area contributed by atoms with E-state index in [9.17, 15) is 4.79 Å². The van der Waals surface area contributed by atoms with Crippen molar-refractivity contribution in [3.05, 3.63) is 12.7 Å². The van der Waals surface area contributed by atoms with Crippen molar-refractivity contribution in [3.63, 3.8) is 0 Å². The molecule has 0 aliphatic carbocycles. The third kappa shape index (κ3) is 5.10. The van der Waals surface area contributed by atoms with E-state index in [1.165, 1.54) is 0 Å². The number of carbonyl (C=O) groups is 1. The predicted octanol–water partition coefficient (Wildman–Crippen LogP) is 3.56. The highest BCUT2D eigenvalue weighted by Gasteiger charge is 2.39. The van der Waals surface area contributed by atoms with Crippen molar-refractivity contribution in [1.82, 2.24) is 4.90 Å². The molecule has 0 saturated heterocycles. The molecule has 0 aliphatic rings. The molecular formula is C10H16Cl3NO. The van der Waals surface area contributed by atoms with Crippen LogP contribution >= 0.6 is 34.8 Å². The lowest BCUT2D eigenvalue weighted by molar-refractivity contribution is -0.134. The van der Waals surface area contributed by atoms with E-state index >= 15 is 0 Å². The third-order valence-electron chi connectivity index (χ3n) is 1.85. The molecule has 2 nitrogen and oxygen atoms in total. The summed E-state index contributed by atoms with van der Waals surface area (Å²) < 4.78 is -1.89. The van der Waals surface area contributed by atoms with Crippen molar-refractivity contribution in [2.45, 2.75) is 36.5 Å². The number of carbonyl (C=O) groups excluding carboxylic acids is 1. The second-order valence-corrected chi connectivity index (χ2v) is 6.48. The summed E-state index contributed by atoms with van der Waals surface area (Å²) in [6.45, 7) is 9.78. The van der Waals surface area contributed by atoms with Gasteiger partial charge in [-0.2, -0.15) is 0 Å². The van der Waals surface area contributed by atoms with Crippen molar-refractivity contribution in [3.8, 4) is 0 Å². The van der Waals surface area contributed by atoms with Gasteiger partial charge in [-0.05, 0) is 27.2 Å². The van der Waals surface area contributed by atoms with E-state index < -0.39 is 9.70 Å². The van der Waals surface area contributed by atoms with Crippen LogP contribution in [0.5, 0.6) is 0 Å². The quantitative estimate of drug-likeness (QED) is 0.568. The third-order valence-corrected chi connectivity index (χ3v) is 2.34. The molecular weight excluding hydrogens is 256 g/mol. The van der Waals surface area contributed by atoms with Gasteiger partial charge in [0.05, 0.1) is 0 Å². The van der Waals surface area contributed by atoms with Gasteiger partial charge in [0, 0.05) is 12.1 Å². The van der Waals surface area contributed by atoms with Crippen LogP contribution in [0.2, 0.25) is 0 Å². The molecule has 1 amide bonds. The lowest BCUT2D eigenvalue weighted by Gasteiger charge is -2.37. The highest BCUT2D eigenvalue weighted by molar-refractivity contribution is 6.76. The predicted molar refractivity (Wildman–Crippen MR) is 66.6 cm³/mol. The molecule has 88 valence electrons. The Kier molecular flexibility index (Phi) is 5.45. The number of alkyl halides is 3. The number of rotatable bonds is 3. The van der Waals surface area contributed by atoms with Crippen molar-refractivity contribution >= 4 is 40.7 Å². The molecule has 0 saturated carbocycles. The maximum atomic E-state index is 11.8. The summed E-state index contributed by atoms with van der Waals surface area (Å²) in [5.41, 5.74) is -0.371. The zero-order valence-electron chi connectivity index (χ0n) is 9.19. The molecule has 0 aromatic rings. The number of hydrogen-bond donors (Lipinski definition) is 0. The molecule has 0 aromatic heterocycles. The Hall–Kier alpha value is 0.0800. The van der Waals surface area contributed by atoms with E-state index in [0.717, 1.165) is 0 Å². The lowest BCUT2D eigenvalue weighted by Crippen LogP contribution is -2.50. The highest BCUT2D eigenvalue weighted by Crippen LogP contribution is 2.31. The average Bonchev–Trinajstić information content (AvgIpc) is 2.00. The van der Waals surface area contributed by atoms with Gasteiger partial charge in [0.25, 0.3) is 9.70 Å². The van der Waals surface area contributed by atoms with Gasteiger partial charge in [0.15, 0.2) is 0 Å². The van der Waals surface area contributed by atoms with Gasteiger partial charge in [-0.15, -0.1) is 6.58 Å². The molecule has 0 N–H and O–H groups in total. The van der Waals surface area contributed by atoms with E-state index in [1.807, 2.05) is 20.8 Å². The molecule has 0 atom stereocenters. The molecule has 15 heavy (non-hydrogen) atoms. The average molecular weight is 273 g/mol. The van der Waals surface area contributed by atoms with Crippen LogP contribution in [-0.2, 0) is 4.79 Å². The minimum atomic E-state index is -1.89. The number of hydrogen-bond acceptors (Lipinski definition) is 1. The Morgan fingerprint density at radius 2 is 1.80 bits per heavy atom. The summed E-state index contributed by atoms with van der Waals surface area (Å²) in [5, 5.41) is 0. The Morgan fingerprint density at radius 3 is 2.07 bits per heavy atom. The van der Waals surface area contributed by atoms with Crippen LogP contribution in [0, 0.1) is 0 Å². The van der Waals surface area contributed by atoms with Crippen LogP contribution in [0.25, 0.3) is 0 Å². The van der Waals surface area contributed by atoms with Gasteiger partial charge in [0.1, 0.15) is 0 Å². The summed E-state index contributed by atoms with van der Waals surface area (Å²) in [6, 6.07) is 0. The lowest BCUT2D eigenvalue weighted by atomic mass is 10.1. The standard InChI is InChI=1S/C10H16Cl3NO/c1-5-6-7-14(9(2,3)4)8(15)10(11,12)13/h5H,1,6-7H2,2-4H3. The first kappa shape index (κ1) is 15.1. The minimum Gasteiger partial charge on any atom is -0.334 e. The van der Waals surface area contributed by atoms with Crippen molar-refractivity contribution < 1.29 is 4.79 Å². The van der Waals surface area contributed by atoms with Gasteiger partial charge in [-0.1, -0.05) is 40.9 Å². The van der Waals surface area contributed by atoms with E-state index in [4.69, 9.17) is 34.8 Å². The van der Waals surface area contributed by atoms with Gasteiger partial charge >= 0.3 is 0 Å². The van der Waals surface area contributed by atoms with Crippen LogP contribution in [0.3, 0.4) is 0 Å². The van der Waals surface area contributed by atoms with Crippen LogP contribution in [0.1, 0.15) is 27.2 Å². The Bertz CT molecular complexity index is 240. The van der Waals surface area contributed by atoms with E-state index in [0.29, 0.717) is 13.0 Å². The first-order valence-corrected chi connectivity index (χ1v) is 5.73. The van der Waals surface area contributed by atoms with Crippen LogP contribution in [-0.4, -0.2) is 26.7 Å². The van der Waals surface area contributed by atoms with Crippen LogP contribution in [0.4, 0.5) is 0 Å². The number of nitrogens with zero attached hydrogens (tertiary/aromatic N) is 1. The Morgan fingerprint density at radius 1 is 1.33 bits per heavy atom. The zero-order valence-corrected chi connectivity index (χ0v) is 11.5. The molecule has 0 bridgehead atoms. The van der Waals surface area contributed by atoms with Crippen molar-refractivity contribution in [2.75, 3.05) is 6.54 Å². The number of halogens is 3. The van der Waals surface area contributed by atoms with Crippen molar-refractivity contribution in [1.29, 1.82) is 0 Å². The first-order valence-electron chi connectivity index (χ1n) is 4.60. The highest BCUT2D eigenvalue weighted by atomic mass is 35.6. The second kappa shape index (κ2) is 5.42. The van der Waals surface area contributed by atoms with Gasteiger partial charge < -0.3 is 4.90 Å². The SMILES string of the molecule is C=CCCN(C(=O)C(Cl)(Cl)Cl)C(C)(C)C. The Labute approximate surface area is 106 Å². The summed E-state index contributed by atoms with van der Waals surface area (Å²) in [4.78, 5) is 13.4. The summed E-state index contributed by atoms with van der Waals surface area (Å²) >= 11 is 16.7. The molecule has 0 aliphatic heterocycles. The summed E-state index contributed by atoms with van der Waals surface area (Å²) in [6.07, 6.45) is 2.40. The van der Waals surface area contributed by atoms with Crippen LogP contribution in [0.15, 0.2) is 12.7 Å². The van der Waals surface area contributed by atoms with E-state index in [1.54, 1.807) is 11.0 Å². The monoisotopic (exact) mass is 271 g/mol. The topological polar surface area (TPSA) is 20.3 Å². The van der Waals surface area contributed by atoms with E-state index in [-0.39, 0.29) is 5.54 Å². The molecule has 0 heterocycles. The number of amides is 1. The van der Waals surface area contributed by atoms with Crippen molar-refractivity contribution in [2.24, 2.45) is 0 Å². The van der Waals surface area contributed by atoms with Gasteiger partial charge in [-0.25, -0.2) is 0 Å². The largest absolute Gasteiger partial charge is 0.334 e. The van der Waals surface area contributed by atoms with Gasteiger partial charge in [0.2, 0.25) is 0 Å². The normalized spacial score (nSPS) is 12.4. The molecule has 0 unspecified atom stereocenters. The fraction of sp³-hybridized carbons (Fsp3) is 0.700. The molecule has 0 fully saturated rings. The maximum Gasteiger partial charge on any atom is 0.275 e. The first-order chi connectivity index (χ1) is 6.60. The Balaban J connectivity index is 4.79. The minimum absolute atomic E-state index is 0.371. The fourth-order valence-electron chi connectivity index (χ4n) is 1.12. The molecule has 5 heteroatoms. The van der Waals surface area contributed by atoms with Gasteiger partial charge in [-0.3, -0.25) is 4.79 Å². The molecule has 0 spiro atoms. The molecule has 0 radical (unpaired) electrons. The molecule has 0 rings (SSSR count).